The highest BCUT2D eigenvalue weighted by Gasteiger charge is 2.30. The molecule has 0 spiro atoms. The Kier molecular flexibility index (Phi) is 5.73. The Bertz CT molecular complexity index is 645. The van der Waals surface area contributed by atoms with Crippen molar-refractivity contribution >= 4 is 17.6 Å². The summed E-state index contributed by atoms with van der Waals surface area (Å²) in [5.74, 6) is -0.902. The number of likely N-dealkylation sites (tertiary alicyclic amines) is 1. The van der Waals surface area contributed by atoms with E-state index < -0.39 is 4.92 Å². The van der Waals surface area contributed by atoms with E-state index in [1.54, 1.807) is 6.92 Å². The first-order chi connectivity index (χ1) is 11.5. The van der Waals surface area contributed by atoms with Gasteiger partial charge in [-0.05, 0) is 31.9 Å². The number of piperidine rings is 1. The molecule has 0 saturated carbocycles. The molecule has 1 amide bonds. The molecule has 1 saturated heterocycles. The minimum absolute atomic E-state index is 0.0968. The van der Waals surface area contributed by atoms with Crippen LogP contribution in [-0.2, 0) is 9.53 Å². The number of benzene rings is 1. The number of methoxy groups -OCH3 is 1. The molecule has 0 aromatic heterocycles. The Morgan fingerprint density at radius 2 is 2.17 bits per heavy atom. The fraction of sp³-hybridized carbons (Fsp3) is 0.500. The maximum absolute atomic E-state index is 12.6. The molecule has 0 bridgehead atoms. The lowest BCUT2D eigenvalue weighted by Crippen LogP contribution is -2.42. The lowest BCUT2D eigenvalue weighted by molar-refractivity contribution is -0.385. The smallest absolute Gasteiger partial charge is 0.311 e. The van der Waals surface area contributed by atoms with Crippen LogP contribution in [0.2, 0.25) is 0 Å². The topological polar surface area (TPSA) is 99.0 Å². The number of hydrogen-bond acceptors (Lipinski definition) is 6. The number of hydrogen-bond donors (Lipinski definition) is 0. The summed E-state index contributed by atoms with van der Waals surface area (Å²) in [6.45, 7) is 2.81. The second kappa shape index (κ2) is 7.76. The first kappa shape index (κ1) is 17.7. The van der Waals surface area contributed by atoms with Gasteiger partial charge in [0.15, 0.2) is 5.75 Å². The highest BCUT2D eigenvalue weighted by molar-refractivity contribution is 5.95. The van der Waals surface area contributed by atoms with E-state index in [0.717, 1.165) is 0 Å². The third kappa shape index (κ3) is 3.81. The Balaban J connectivity index is 2.17. The molecule has 24 heavy (non-hydrogen) atoms. The molecule has 8 heteroatoms. The predicted molar refractivity (Wildman–Crippen MR) is 84.9 cm³/mol. The van der Waals surface area contributed by atoms with Gasteiger partial charge in [0.25, 0.3) is 5.91 Å². The molecule has 0 N–H and O–H groups in total. The summed E-state index contributed by atoms with van der Waals surface area (Å²) in [5, 5.41) is 11.1. The van der Waals surface area contributed by atoms with E-state index in [4.69, 9.17) is 9.47 Å². The minimum Gasteiger partial charge on any atom is -0.490 e. The number of esters is 1. The molecule has 8 nitrogen and oxygen atoms in total. The lowest BCUT2D eigenvalue weighted by Gasteiger charge is -2.31. The van der Waals surface area contributed by atoms with Gasteiger partial charge in [0.1, 0.15) is 0 Å². The summed E-state index contributed by atoms with van der Waals surface area (Å²) >= 11 is 0. The Morgan fingerprint density at radius 3 is 2.79 bits per heavy atom. The van der Waals surface area contributed by atoms with E-state index in [2.05, 4.69) is 0 Å². The molecular formula is C16H20N2O6. The van der Waals surface area contributed by atoms with Gasteiger partial charge in [0.2, 0.25) is 0 Å². The maximum atomic E-state index is 12.6. The molecule has 1 aliphatic heterocycles. The van der Waals surface area contributed by atoms with Crippen LogP contribution in [0, 0.1) is 16.0 Å². The summed E-state index contributed by atoms with van der Waals surface area (Å²) in [5.41, 5.74) is -0.0608. The SMILES string of the molecule is CCOC(=O)[C@@H]1CCCN(C(=O)c2ccc(OC)c([N+](=O)[O-])c2)C1. The van der Waals surface area contributed by atoms with Crippen LogP contribution in [-0.4, -0.2) is 48.5 Å². The largest absolute Gasteiger partial charge is 0.490 e. The molecule has 130 valence electrons. The van der Waals surface area contributed by atoms with E-state index in [0.29, 0.717) is 26.0 Å². The molecule has 0 radical (unpaired) electrons. The van der Waals surface area contributed by atoms with Crippen molar-refractivity contribution in [3.05, 3.63) is 33.9 Å². The highest BCUT2D eigenvalue weighted by Crippen LogP contribution is 2.29. The van der Waals surface area contributed by atoms with Gasteiger partial charge in [0.05, 0.1) is 24.6 Å². The molecule has 0 unspecified atom stereocenters. The molecule has 1 aromatic carbocycles. The summed E-state index contributed by atoms with van der Waals surface area (Å²) in [6.07, 6.45) is 1.36. The number of nitrogens with zero attached hydrogens (tertiary/aromatic N) is 2. The highest BCUT2D eigenvalue weighted by atomic mass is 16.6. The van der Waals surface area contributed by atoms with Crippen LogP contribution in [0.3, 0.4) is 0 Å². The van der Waals surface area contributed by atoms with Gasteiger partial charge < -0.3 is 14.4 Å². The van der Waals surface area contributed by atoms with Crippen LogP contribution in [0.4, 0.5) is 5.69 Å². The third-order valence-electron chi connectivity index (χ3n) is 3.95. The number of carbonyl (C=O) groups excluding carboxylic acids is 2. The Morgan fingerprint density at radius 1 is 1.42 bits per heavy atom. The van der Waals surface area contributed by atoms with E-state index in [1.165, 1.54) is 30.2 Å². The maximum Gasteiger partial charge on any atom is 0.311 e. The van der Waals surface area contributed by atoms with Crippen molar-refractivity contribution in [1.29, 1.82) is 0 Å². The van der Waals surface area contributed by atoms with Crippen molar-refractivity contribution in [3.8, 4) is 5.75 Å². The molecule has 0 aliphatic carbocycles. The number of ether oxygens (including phenoxy) is 2. The van der Waals surface area contributed by atoms with Gasteiger partial charge in [-0.25, -0.2) is 0 Å². The first-order valence-electron chi connectivity index (χ1n) is 7.76. The van der Waals surface area contributed by atoms with Crippen molar-refractivity contribution in [3.63, 3.8) is 0 Å². The van der Waals surface area contributed by atoms with Gasteiger partial charge in [-0.15, -0.1) is 0 Å². The van der Waals surface area contributed by atoms with Gasteiger partial charge in [-0.1, -0.05) is 0 Å². The summed E-state index contributed by atoms with van der Waals surface area (Å²) in [7, 11) is 1.33. The molecule has 1 aliphatic rings. The molecule has 1 atom stereocenters. The molecular weight excluding hydrogens is 316 g/mol. The van der Waals surface area contributed by atoms with E-state index in [1.807, 2.05) is 0 Å². The van der Waals surface area contributed by atoms with Crippen molar-refractivity contribution in [2.75, 3.05) is 26.8 Å². The average molecular weight is 336 g/mol. The van der Waals surface area contributed by atoms with Crippen molar-refractivity contribution in [1.82, 2.24) is 4.90 Å². The fourth-order valence-electron chi connectivity index (χ4n) is 2.76. The molecule has 1 fully saturated rings. The first-order valence-corrected chi connectivity index (χ1v) is 7.76. The second-order valence-electron chi connectivity index (χ2n) is 5.49. The number of rotatable bonds is 5. The number of nitro groups is 1. The quantitative estimate of drug-likeness (QED) is 0.463. The van der Waals surface area contributed by atoms with E-state index >= 15 is 0 Å². The zero-order chi connectivity index (χ0) is 17.7. The average Bonchev–Trinajstić information content (AvgIpc) is 2.60. The second-order valence-corrected chi connectivity index (χ2v) is 5.49. The zero-order valence-corrected chi connectivity index (χ0v) is 13.7. The normalized spacial score (nSPS) is 17.2. The van der Waals surface area contributed by atoms with Crippen LogP contribution in [0.25, 0.3) is 0 Å². The lowest BCUT2D eigenvalue weighted by atomic mass is 9.97. The number of nitro benzene ring substituents is 1. The van der Waals surface area contributed by atoms with Crippen LogP contribution in [0.1, 0.15) is 30.1 Å². The fourth-order valence-corrected chi connectivity index (χ4v) is 2.76. The van der Waals surface area contributed by atoms with Gasteiger partial charge in [-0.3, -0.25) is 19.7 Å². The van der Waals surface area contributed by atoms with Crippen LogP contribution >= 0.6 is 0 Å². The number of carbonyl (C=O) groups is 2. The summed E-state index contributed by atoms with van der Waals surface area (Å²) < 4.78 is 9.95. The van der Waals surface area contributed by atoms with Crippen LogP contribution in [0.15, 0.2) is 18.2 Å². The van der Waals surface area contributed by atoms with Crippen LogP contribution in [0.5, 0.6) is 5.75 Å². The Labute approximate surface area is 139 Å². The van der Waals surface area contributed by atoms with E-state index in [-0.39, 0.29) is 41.3 Å². The van der Waals surface area contributed by atoms with E-state index in [9.17, 15) is 19.7 Å². The van der Waals surface area contributed by atoms with Crippen molar-refractivity contribution < 1.29 is 24.0 Å². The van der Waals surface area contributed by atoms with Gasteiger partial charge in [0, 0.05) is 24.7 Å². The van der Waals surface area contributed by atoms with Gasteiger partial charge >= 0.3 is 11.7 Å². The minimum atomic E-state index is -0.590. The van der Waals surface area contributed by atoms with Gasteiger partial charge in [-0.2, -0.15) is 0 Å². The predicted octanol–water partition coefficient (Wildman–Crippen LogP) is 2.02. The third-order valence-corrected chi connectivity index (χ3v) is 3.95. The van der Waals surface area contributed by atoms with Crippen molar-refractivity contribution in [2.45, 2.75) is 19.8 Å². The molecule has 1 aromatic rings. The summed E-state index contributed by atoms with van der Waals surface area (Å²) in [4.78, 5) is 36.5. The number of amides is 1. The Hall–Kier alpha value is -2.64. The summed E-state index contributed by atoms with van der Waals surface area (Å²) in [6, 6.07) is 4.09. The monoisotopic (exact) mass is 336 g/mol. The standard InChI is InChI=1S/C16H20N2O6/c1-3-24-16(20)12-5-4-8-17(10-12)15(19)11-6-7-14(23-2)13(9-11)18(21)22/h6-7,9,12H,3-5,8,10H2,1-2H3/t12-/m1/s1. The van der Waals surface area contributed by atoms with Crippen molar-refractivity contribution in [2.24, 2.45) is 5.92 Å². The zero-order valence-electron chi connectivity index (χ0n) is 13.7. The molecule has 2 rings (SSSR count). The molecule has 1 heterocycles. The van der Waals surface area contributed by atoms with Crippen LogP contribution < -0.4 is 4.74 Å².